The Morgan fingerprint density at radius 2 is 2.05 bits per heavy atom. The molecule has 1 fully saturated rings. The van der Waals surface area contributed by atoms with Crippen molar-refractivity contribution >= 4 is 30.9 Å². The first-order valence-electron chi connectivity index (χ1n) is 12.9. The number of aromatic nitrogens is 6. The zero-order valence-corrected chi connectivity index (χ0v) is 23.6. The lowest BCUT2D eigenvalue weighted by molar-refractivity contribution is 0.0593. The largest absolute Gasteiger partial charge is 0.464 e. The molecule has 2 unspecified atom stereocenters. The molecule has 0 aliphatic carbocycles. The van der Waals surface area contributed by atoms with Crippen molar-refractivity contribution in [3.8, 4) is 17.3 Å². The van der Waals surface area contributed by atoms with E-state index in [1.165, 1.54) is 13.3 Å². The average molecular weight is 545 g/mol. The molecule has 1 aliphatic rings. The first-order chi connectivity index (χ1) is 18.8. The summed E-state index contributed by atoms with van der Waals surface area (Å²) in [4.78, 5) is 27.0. The molecule has 4 aromatic heterocycles. The highest BCUT2D eigenvalue weighted by molar-refractivity contribution is 6.76. The quantitative estimate of drug-likeness (QED) is 0.163. The molecule has 1 aliphatic heterocycles. The molecule has 1 saturated heterocycles. The van der Waals surface area contributed by atoms with Crippen molar-refractivity contribution in [2.75, 3.05) is 25.2 Å². The number of carbonyl (C=O) groups is 1. The Hall–Kier alpha value is -4.08. The smallest absolute Gasteiger partial charge is 0.358 e. The third kappa shape index (κ3) is 5.55. The van der Waals surface area contributed by atoms with E-state index in [1.54, 1.807) is 12.4 Å². The van der Waals surface area contributed by atoms with Gasteiger partial charge in [0.2, 0.25) is 0 Å². The zero-order valence-electron chi connectivity index (χ0n) is 22.6. The maximum absolute atomic E-state index is 11.8. The summed E-state index contributed by atoms with van der Waals surface area (Å²) in [5.74, 6) is 0.137. The molecule has 0 spiro atoms. The Balaban J connectivity index is 1.42. The molecule has 2 atom stereocenters. The number of ether oxygens (including phenoxy) is 2. The number of carbonyl (C=O) groups excluding carboxylic acids is 1. The number of hydrogen-bond acceptors (Lipinski definition) is 9. The van der Waals surface area contributed by atoms with Crippen LogP contribution in [-0.4, -0.2) is 63.6 Å². The van der Waals surface area contributed by atoms with Crippen LogP contribution in [0.3, 0.4) is 0 Å². The van der Waals surface area contributed by atoms with Gasteiger partial charge in [0, 0.05) is 56.9 Å². The third-order valence-electron chi connectivity index (χ3n) is 6.89. The van der Waals surface area contributed by atoms with E-state index in [0.29, 0.717) is 32.1 Å². The van der Waals surface area contributed by atoms with E-state index in [4.69, 9.17) is 14.6 Å². The lowest BCUT2D eigenvalue weighted by Gasteiger charge is -2.47. The van der Waals surface area contributed by atoms with Crippen LogP contribution in [0.15, 0.2) is 49.2 Å². The van der Waals surface area contributed by atoms with Crippen molar-refractivity contribution in [1.82, 2.24) is 29.3 Å². The number of esters is 1. The SMILES string of the molecule is COC(=O)c1cnc(N2CC(CC#N)C2n2cc(-c3cc4cccnc4n3COCC[Si](C)(C)C)cn2)cn1. The molecule has 12 heteroatoms. The summed E-state index contributed by atoms with van der Waals surface area (Å²) in [6.45, 7) is 8.76. The van der Waals surface area contributed by atoms with Crippen LogP contribution in [0.2, 0.25) is 25.7 Å². The number of rotatable bonds is 10. The van der Waals surface area contributed by atoms with Gasteiger partial charge in [0.1, 0.15) is 24.4 Å². The summed E-state index contributed by atoms with van der Waals surface area (Å²) in [5, 5.41) is 15.1. The first kappa shape index (κ1) is 26.5. The molecule has 0 N–H and O–H groups in total. The fourth-order valence-corrected chi connectivity index (χ4v) is 5.49. The molecular formula is C27H32N8O3Si. The fraction of sp³-hybridized carbons (Fsp3) is 0.407. The van der Waals surface area contributed by atoms with E-state index in [2.05, 4.69) is 51.3 Å². The lowest BCUT2D eigenvalue weighted by atomic mass is 9.92. The van der Waals surface area contributed by atoms with Gasteiger partial charge in [-0.25, -0.2) is 24.4 Å². The van der Waals surface area contributed by atoms with E-state index in [1.807, 2.05) is 34.1 Å². The summed E-state index contributed by atoms with van der Waals surface area (Å²) in [6.07, 6.45) is 8.74. The van der Waals surface area contributed by atoms with Gasteiger partial charge in [0.05, 0.1) is 37.5 Å². The summed E-state index contributed by atoms with van der Waals surface area (Å²) < 4.78 is 14.8. The van der Waals surface area contributed by atoms with E-state index >= 15 is 0 Å². The second kappa shape index (κ2) is 11.0. The Morgan fingerprint density at radius 3 is 2.77 bits per heavy atom. The summed E-state index contributed by atoms with van der Waals surface area (Å²) >= 11 is 0. The minimum Gasteiger partial charge on any atom is -0.464 e. The molecule has 4 aromatic rings. The maximum atomic E-state index is 11.8. The predicted molar refractivity (Wildman–Crippen MR) is 149 cm³/mol. The minimum absolute atomic E-state index is 0.0715. The molecule has 5 rings (SSSR count). The number of anilines is 1. The molecule has 5 heterocycles. The predicted octanol–water partition coefficient (Wildman–Crippen LogP) is 4.34. The van der Waals surface area contributed by atoms with Gasteiger partial charge in [-0.05, 0) is 24.2 Å². The van der Waals surface area contributed by atoms with E-state index < -0.39 is 14.0 Å². The van der Waals surface area contributed by atoms with Crippen LogP contribution in [0.5, 0.6) is 0 Å². The lowest BCUT2D eigenvalue weighted by Crippen LogP contribution is -2.53. The fourth-order valence-electron chi connectivity index (χ4n) is 4.73. The third-order valence-corrected chi connectivity index (χ3v) is 8.60. The van der Waals surface area contributed by atoms with Crippen molar-refractivity contribution in [2.24, 2.45) is 5.92 Å². The highest BCUT2D eigenvalue weighted by Crippen LogP contribution is 2.40. The molecule has 0 saturated carbocycles. The van der Waals surface area contributed by atoms with Crippen LogP contribution in [0.1, 0.15) is 23.1 Å². The number of methoxy groups -OCH3 is 1. The number of hydrogen-bond donors (Lipinski definition) is 0. The topological polar surface area (TPSA) is 124 Å². The highest BCUT2D eigenvalue weighted by atomic mass is 28.3. The standard InChI is InChI=1S/C27H32N8O3Si/c1-37-27(36)22-14-31-24(15-30-22)33-16-20(7-8-28)26(33)35-17-21(13-32-35)23-12-19-6-5-9-29-25(19)34(23)18-38-10-11-39(2,3)4/h5-6,9,12-15,17,20,26H,7,10-11,16,18H2,1-4H3. The molecule has 202 valence electrons. The number of nitrogens with zero attached hydrogens (tertiary/aromatic N) is 8. The molecule has 0 radical (unpaired) electrons. The van der Waals surface area contributed by atoms with Gasteiger partial charge in [-0.1, -0.05) is 19.6 Å². The molecule has 11 nitrogen and oxygen atoms in total. The monoisotopic (exact) mass is 544 g/mol. The zero-order chi connectivity index (χ0) is 27.6. The number of fused-ring (bicyclic) bond motifs is 1. The summed E-state index contributed by atoms with van der Waals surface area (Å²) in [7, 11) is 0.106. The maximum Gasteiger partial charge on any atom is 0.358 e. The van der Waals surface area contributed by atoms with E-state index in [-0.39, 0.29) is 17.8 Å². The Morgan fingerprint density at radius 1 is 1.21 bits per heavy atom. The molecule has 39 heavy (non-hydrogen) atoms. The second-order valence-electron chi connectivity index (χ2n) is 10.9. The van der Waals surface area contributed by atoms with Crippen LogP contribution < -0.4 is 4.90 Å². The Labute approximate surface area is 228 Å². The van der Waals surface area contributed by atoms with Gasteiger partial charge in [0.15, 0.2) is 5.69 Å². The van der Waals surface area contributed by atoms with Crippen molar-refractivity contribution in [3.63, 3.8) is 0 Å². The summed E-state index contributed by atoms with van der Waals surface area (Å²) in [5.41, 5.74) is 2.90. The Kier molecular flexibility index (Phi) is 7.45. The van der Waals surface area contributed by atoms with Gasteiger partial charge >= 0.3 is 5.97 Å². The average Bonchev–Trinajstić information content (AvgIpc) is 3.52. The second-order valence-corrected chi connectivity index (χ2v) is 16.5. The van der Waals surface area contributed by atoms with E-state index in [9.17, 15) is 10.1 Å². The van der Waals surface area contributed by atoms with Gasteiger partial charge in [0.25, 0.3) is 0 Å². The van der Waals surface area contributed by atoms with Crippen molar-refractivity contribution in [3.05, 3.63) is 54.9 Å². The van der Waals surface area contributed by atoms with Crippen LogP contribution >= 0.6 is 0 Å². The van der Waals surface area contributed by atoms with Gasteiger partial charge < -0.3 is 18.9 Å². The van der Waals surface area contributed by atoms with Gasteiger partial charge in [-0.2, -0.15) is 10.4 Å². The summed E-state index contributed by atoms with van der Waals surface area (Å²) in [6, 6.07) is 9.45. The number of nitriles is 1. The van der Waals surface area contributed by atoms with Crippen LogP contribution in [0.4, 0.5) is 5.82 Å². The molecular weight excluding hydrogens is 512 g/mol. The van der Waals surface area contributed by atoms with Crippen LogP contribution in [-0.2, 0) is 16.2 Å². The Bertz CT molecular complexity index is 1500. The molecule has 0 amide bonds. The van der Waals surface area contributed by atoms with Crippen LogP contribution in [0, 0.1) is 17.2 Å². The van der Waals surface area contributed by atoms with Crippen LogP contribution in [0.25, 0.3) is 22.3 Å². The van der Waals surface area contributed by atoms with Crippen molar-refractivity contribution in [2.45, 2.75) is 45.0 Å². The number of pyridine rings is 1. The highest BCUT2D eigenvalue weighted by Gasteiger charge is 2.42. The van der Waals surface area contributed by atoms with E-state index in [0.717, 1.165) is 28.3 Å². The van der Waals surface area contributed by atoms with Crippen molar-refractivity contribution < 1.29 is 14.3 Å². The minimum atomic E-state index is -1.20. The molecule has 0 bridgehead atoms. The normalized spacial score (nSPS) is 17.2. The van der Waals surface area contributed by atoms with Gasteiger partial charge in [-0.3, -0.25) is 0 Å². The van der Waals surface area contributed by atoms with Gasteiger partial charge in [-0.15, -0.1) is 0 Å². The first-order valence-corrected chi connectivity index (χ1v) is 16.6. The molecule has 0 aromatic carbocycles. The van der Waals surface area contributed by atoms with Crippen molar-refractivity contribution in [1.29, 1.82) is 5.26 Å².